The second-order valence-corrected chi connectivity index (χ2v) is 7.78. The molecule has 0 saturated heterocycles. The fraction of sp³-hybridized carbons (Fsp3) is 0.200. The summed E-state index contributed by atoms with van der Waals surface area (Å²) in [6, 6.07) is 14.8. The molecule has 3 N–H and O–H groups in total. The highest BCUT2D eigenvalue weighted by molar-refractivity contribution is 6.07. The highest BCUT2D eigenvalue weighted by atomic mass is 16.5. The van der Waals surface area contributed by atoms with Crippen molar-refractivity contribution in [2.24, 2.45) is 0 Å². The van der Waals surface area contributed by atoms with Gasteiger partial charge in [-0.3, -0.25) is 14.8 Å². The molecular formula is C25H25N3O3. The Morgan fingerprint density at radius 1 is 1.06 bits per heavy atom. The molecule has 6 heteroatoms. The van der Waals surface area contributed by atoms with Crippen molar-refractivity contribution in [3.05, 3.63) is 95.7 Å². The highest BCUT2D eigenvalue weighted by Gasteiger charge is 2.28. The number of hydrogen-bond donors (Lipinski definition) is 3. The Labute approximate surface area is 180 Å². The molecular weight excluding hydrogens is 390 g/mol. The molecule has 0 bridgehead atoms. The van der Waals surface area contributed by atoms with Gasteiger partial charge in [0.05, 0.1) is 11.1 Å². The standard InChI is InChI=1S/C25H25N3O3/c1-2-25(14-6-3-7-15-25)26-24(30)21-17-28(22-9-5-4-8-20(21)22)16-18-10-12-19(13-11-18)23(29)27-31/h3-14,17,31H,2,15-16H2,1H3,(H,26,30)(H,27,29). The van der Waals surface area contributed by atoms with Crippen LogP contribution in [-0.2, 0) is 6.54 Å². The summed E-state index contributed by atoms with van der Waals surface area (Å²) >= 11 is 0. The van der Waals surface area contributed by atoms with Gasteiger partial charge in [-0.2, -0.15) is 0 Å². The van der Waals surface area contributed by atoms with Crippen LogP contribution in [0.4, 0.5) is 0 Å². The molecule has 0 fully saturated rings. The van der Waals surface area contributed by atoms with Gasteiger partial charge in [0.15, 0.2) is 0 Å². The van der Waals surface area contributed by atoms with Crippen LogP contribution in [0.3, 0.4) is 0 Å². The number of nitrogens with zero attached hydrogens (tertiary/aromatic N) is 1. The van der Waals surface area contributed by atoms with Gasteiger partial charge in [-0.25, -0.2) is 5.48 Å². The van der Waals surface area contributed by atoms with E-state index in [0.717, 1.165) is 29.3 Å². The molecule has 3 aromatic rings. The first-order valence-electron chi connectivity index (χ1n) is 10.3. The molecule has 0 radical (unpaired) electrons. The molecule has 6 nitrogen and oxygen atoms in total. The van der Waals surface area contributed by atoms with Gasteiger partial charge >= 0.3 is 0 Å². The van der Waals surface area contributed by atoms with Crippen molar-refractivity contribution in [2.75, 3.05) is 0 Å². The Morgan fingerprint density at radius 3 is 2.52 bits per heavy atom. The van der Waals surface area contributed by atoms with Crippen molar-refractivity contribution in [2.45, 2.75) is 31.8 Å². The predicted molar refractivity (Wildman–Crippen MR) is 120 cm³/mol. The van der Waals surface area contributed by atoms with Crippen LogP contribution < -0.4 is 10.8 Å². The Balaban J connectivity index is 1.63. The van der Waals surface area contributed by atoms with Crippen molar-refractivity contribution in [3.8, 4) is 0 Å². The lowest BCUT2D eigenvalue weighted by Gasteiger charge is -2.31. The van der Waals surface area contributed by atoms with Gasteiger partial charge in [0, 0.05) is 29.2 Å². The zero-order chi connectivity index (χ0) is 21.8. The lowest BCUT2D eigenvalue weighted by Crippen LogP contribution is -2.46. The molecule has 31 heavy (non-hydrogen) atoms. The third-order valence-electron chi connectivity index (χ3n) is 5.84. The largest absolute Gasteiger partial charge is 0.343 e. The highest BCUT2D eigenvalue weighted by Crippen LogP contribution is 2.26. The number of hydrogen-bond acceptors (Lipinski definition) is 3. The molecule has 0 aliphatic heterocycles. The predicted octanol–water partition coefficient (Wildman–Crippen LogP) is 4.20. The molecule has 1 aliphatic carbocycles. The van der Waals surface area contributed by atoms with E-state index in [0.29, 0.717) is 17.7 Å². The lowest BCUT2D eigenvalue weighted by atomic mass is 9.88. The van der Waals surface area contributed by atoms with Crippen LogP contribution in [0.15, 0.2) is 79.0 Å². The number of hydroxylamine groups is 1. The fourth-order valence-electron chi connectivity index (χ4n) is 3.98. The normalized spacial score (nSPS) is 17.6. The summed E-state index contributed by atoms with van der Waals surface area (Å²) in [6.07, 6.45) is 11.6. The van der Waals surface area contributed by atoms with E-state index in [1.807, 2.05) is 59.3 Å². The van der Waals surface area contributed by atoms with Crippen LogP contribution in [-0.4, -0.2) is 27.1 Å². The van der Waals surface area contributed by atoms with Crippen LogP contribution in [0, 0.1) is 0 Å². The molecule has 2 aromatic carbocycles. The van der Waals surface area contributed by atoms with Gasteiger partial charge in [0.25, 0.3) is 11.8 Å². The summed E-state index contributed by atoms with van der Waals surface area (Å²) < 4.78 is 2.04. The zero-order valence-electron chi connectivity index (χ0n) is 17.3. The number of nitrogens with one attached hydrogen (secondary N) is 2. The Morgan fingerprint density at radius 2 is 1.84 bits per heavy atom. The second kappa shape index (κ2) is 8.62. The van der Waals surface area contributed by atoms with Gasteiger partial charge in [-0.05, 0) is 36.6 Å². The summed E-state index contributed by atoms with van der Waals surface area (Å²) in [6.45, 7) is 2.63. The molecule has 1 atom stereocenters. The first kappa shape index (κ1) is 20.6. The third-order valence-corrected chi connectivity index (χ3v) is 5.84. The Bertz CT molecular complexity index is 1170. The van der Waals surface area contributed by atoms with Gasteiger partial charge in [0.2, 0.25) is 0 Å². The Kier molecular flexibility index (Phi) is 5.73. The van der Waals surface area contributed by atoms with E-state index < -0.39 is 5.91 Å². The molecule has 2 amide bonds. The number of carbonyl (C=O) groups is 2. The SMILES string of the molecule is CCC1(NC(=O)c2cn(Cc3ccc(C(=O)NO)cc3)c3ccccc23)C=CC=CC1. The summed E-state index contributed by atoms with van der Waals surface area (Å²) in [5.41, 5.74) is 4.24. The van der Waals surface area contributed by atoms with Crippen LogP contribution in [0.25, 0.3) is 10.9 Å². The number of aromatic nitrogens is 1. The number of para-hydroxylation sites is 1. The number of benzene rings is 2. The molecule has 0 saturated carbocycles. The number of carbonyl (C=O) groups excluding carboxylic acids is 2. The second-order valence-electron chi connectivity index (χ2n) is 7.78. The molecule has 158 valence electrons. The molecule has 1 aliphatic rings. The maximum absolute atomic E-state index is 13.3. The van der Waals surface area contributed by atoms with E-state index in [4.69, 9.17) is 5.21 Å². The van der Waals surface area contributed by atoms with E-state index in [1.54, 1.807) is 17.6 Å². The number of rotatable bonds is 6. The van der Waals surface area contributed by atoms with Gasteiger partial charge in [-0.1, -0.05) is 61.6 Å². The smallest absolute Gasteiger partial charge is 0.274 e. The summed E-state index contributed by atoms with van der Waals surface area (Å²) in [5.74, 6) is -0.639. The molecule has 4 rings (SSSR count). The maximum Gasteiger partial charge on any atom is 0.274 e. The zero-order valence-corrected chi connectivity index (χ0v) is 17.3. The van der Waals surface area contributed by atoms with Crippen molar-refractivity contribution in [1.82, 2.24) is 15.4 Å². The van der Waals surface area contributed by atoms with E-state index in [2.05, 4.69) is 24.4 Å². The molecule has 1 heterocycles. The van der Waals surface area contributed by atoms with Crippen LogP contribution in [0.5, 0.6) is 0 Å². The summed E-state index contributed by atoms with van der Waals surface area (Å²) in [5, 5.41) is 12.9. The van der Waals surface area contributed by atoms with Crippen molar-refractivity contribution in [3.63, 3.8) is 0 Å². The minimum atomic E-state index is -0.548. The van der Waals surface area contributed by atoms with Gasteiger partial charge < -0.3 is 9.88 Å². The number of amides is 2. The van der Waals surface area contributed by atoms with E-state index in [-0.39, 0.29) is 11.4 Å². The fourth-order valence-corrected chi connectivity index (χ4v) is 3.98. The van der Waals surface area contributed by atoms with Gasteiger partial charge in [0.1, 0.15) is 0 Å². The van der Waals surface area contributed by atoms with Gasteiger partial charge in [-0.15, -0.1) is 0 Å². The third kappa shape index (κ3) is 4.15. The van der Waals surface area contributed by atoms with Crippen LogP contribution >= 0.6 is 0 Å². The molecule has 1 unspecified atom stereocenters. The first-order chi connectivity index (χ1) is 15.0. The lowest BCUT2D eigenvalue weighted by molar-refractivity contribution is 0.0706. The minimum absolute atomic E-state index is 0.0910. The quantitative estimate of drug-likeness (QED) is 0.417. The molecule has 1 aromatic heterocycles. The average Bonchev–Trinajstić information content (AvgIpc) is 3.18. The molecule has 0 spiro atoms. The summed E-state index contributed by atoms with van der Waals surface area (Å²) in [7, 11) is 0. The average molecular weight is 415 g/mol. The first-order valence-corrected chi connectivity index (χ1v) is 10.3. The maximum atomic E-state index is 13.3. The monoisotopic (exact) mass is 415 g/mol. The number of allylic oxidation sites excluding steroid dienone is 2. The van der Waals surface area contributed by atoms with Crippen molar-refractivity contribution >= 4 is 22.7 Å². The van der Waals surface area contributed by atoms with Crippen LogP contribution in [0.2, 0.25) is 0 Å². The topological polar surface area (TPSA) is 83.4 Å². The van der Waals surface area contributed by atoms with E-state index >= 15 is 0 Å². The van der Waals surface area contributed by atoms with E-state index in [9.17, 15) is 9.59 Å². The van der Waals surface area contributed by atoms with Crippen molar-refractivity contribution < 1.29 is 14.8 Å². The number of fused-ring (bicyclic) bond motifs is 1. The van der Waals surface area contributed by atoms with Crippen molar-refractivity contribution in [1.29, 1.82) is 0 Å². The minimum Gasteiger partial charge on any atom is -0.343 e. The summed E-state index contributed by atoms with van der Waals surface area (Å²) in [4.78, 5) is 24.8. The van der Waals surface area contributed by atoms with Crippen LogP contribution in [0.1, 0.15) is 46.0 Å². The Hall–Kier alpha value is -3.64. The van der Waals surface area contributed by atoms with E-state index in [1.165, 1.54) is 0 Å².